The number of hydrogen-bond acceptors (Lipinski definition) is 4. The fourth-order valence-corrected chi connectivity index (χ4v) is 5.94. The summed E-state index contributed by atoms with van der Waals surface area (Å²) in [5, 5.41) is 12.2. The van der Waals surface area contributed by atoms with Gasteiger partial charge in [-0.25, -0.2) is 0 Å². The van der Waals surface area contributed by atoms with E-state index in [1.807, 2.05) is 0 Å². The first-order chi connectivity index (χ1) is 12.4. The summed E-state index contributed by atoms with van der Waals surface area (Å²) < 4.78 is 11.8. The minimum absolute atomic E-state index is 0.195. The van der Waals surface area contributed by atoms with Crippen LogP contribution in [0.15, 0.2) is 18.2 Å². The number of nitrogens with zero attached hydrogens (tertiary/aromatic N) is 1. The van der Waals surface area contributed by atoms with E-state index in [9.17, 15) is 5.11 Å². The van der Waals surface area contributed by atoms with E-state index in [1.165, 1.54) is 24.0 Å². The molecule has 3 atom stereocenters. The maximum Gasteiger partial charge on any atom is 0.119 e. The van der Waals surface area contributed by atoms with Gasteiger partial charge >= 0.3 is 0 Å². The van der Waals surface area contributed by atoms with Crippen molar-refractivity contribution < 1.29 is 14.6 Å². The maximum atomic E-state index is 12.2. The monoisotopic (exact) mass is 357 g/mol. The van der Waals surface area contributed by atoms with Crippen molar-refractivity contribution in [2.75, 3.05) is 26.8 Å². The van der Waals surface area contributed by atoms with Crippen molar-refractivity contribution in [1.82, 2.24) is 4.90 Å². The number of piperidine rings is 1. The van der Waals surface area contributed by atoms with Gasteiger partial charge in [0.05, 0.1) is 30.3 Å². The van der Waals surface area contributed by atoms with Gasteiger partial charge in [0.1, 0.15) is 5.75 Å². The third kappa shape index (κ3) is 2.31. The van der Waals surface area contributed by atoms with E-state index < -0.39 is 5.60 Å². The number of fused-ring (bicyclic) bond motifs is 1. The SMILES string of the molecule is COc1ccc2c(c1)[C@]13CCN(CC4CC4)[C@H](C2)[C@]1(O)CC(C)(C)OC3. The normalized spacial score (nSPS) is 38.4. The van der Waals surface area contributed by atoms with Crippen LogP contribution in [0.25, 0.3) is 0 Å². The summed E-state index contributed by atoms with van der Waals surface area (Å²) >= 11 is 0. The molecule has 2 bridgehead atoms. The van der Waals surface area contributed by atoms with Crippen LogP contribution in [0, 0.1) is 5.92 Å². The van der Waals surface area contributed by atoms with E-state index in [-0.39, 0.29) is 17.1 Å². The topological polar surface area (TPSA) is 41.9 Å². The first-order valence-electron chi connectivity index (χ1n) is 10.1. The van der Waals surface area contributed by atoms with Gasteiger partial charge in [0.15, 0.2) is 0 Å². The number of benzene rings is 1. The lowest BCUT2D eigenvalue weighted by Crippen LogP contribution is -2.76. The first kappa shape index (κ1) is 17.0. The zero-order chi connectivity index (χ0) is 18.2. The van der Waals surface area contributed by atoms with Gasteiger partial charge in [-0.3, -0.25) is 4.90 Å². The lowest BCUT2D eigenvalue weighted by Gasteiger charge is -2.65. The van der Waals surface area contributed by atoms with Gasteiger partial charge in [0.25, 0.3) is 0 Å². The fourth-order valence-electron chi connectivity index (χ4n) is 5.94. The van der Waals surface area contributed by atoms with E-state index >= 15 is 0 Å². The van der Waals surface area contributed by atoms with Crippen molar-refractivity contribution >= 4 is 0 Å². The molecule has 0 spiro atoms. The second kappa shape index (κ2) is 5.46. The second-order valence-electron chi connectivity index (χ2n) is 9.66. The molecule has 4 heteroatoms. The molecule has 1 aromatic carbocycles. The van der Waals surface area contributed by atoms with E-state index in [4.69, 9.17) is 9.47 Å². The zero-order valence-electron chi connectivity index (χ0n) is 16.3. The third-order valence-electron chi connectivity index (χ3n) is 7.49. The molecule has 5 rings (SSSR count). The van der Waals surface area contributed by atoms with Gasteiger partial charge in [0, 0.05) is 19.0 Å². The van der Waals surface area contributed by atoms with Crippen molar-refractivity contribution in [2.45, 2.75) is 68.6 Å². The molecule has 0 radical (unpaired) electrons. The van der Waals surface area contributed by atoms with Crippen molar-refractivity contribution in [3.63, 3.8) is 0 Å². The molecule has 4 aliphatic rings. The highest BCUT2D eigenvalue weighted by Crippen LogP contribution is 2.58. The molecule has 1 saturated carbocycles. The highest BCUT2D eigenvalue weighted by Gasteiger charge is 2.66. The van der Waals surface area contributed by atoms with Crippen LogP contribution in [-0.4, -0.2) is 54.1 Å². The Morgan fingerprint density at radius 3 is 2.85 bits per heavy atom. The summed E-state index contributed by atoms with van der Waals surface area (Å²) in [6.45, 7) is 7.06. The molecule has 2 heterocycles. The van der Waals surface area contributed by atoms with Crippen LogP contribution in [-0.2, 0) is 16.6 Å². The van der Waals surface area contributed by atoms with Crippen LogP contribution in [0.3, 0.4) is 0 Å². The molecular weight excluding hydrogens is 326 g/mol. The Hall–Kier alpha value is -1.10. The average Bonchev–Trinajstić information content (AvgIpc) is 3.40. The number of methoxy groups -OCH3 is 1. The second-order valence-corrected chi connectivity index (χ2v) is 9.66. The predicted octanol–water partition coefficient (Wildman–Crippen LogP) is 2.90. The van der Waals surface area contributed by atoms with Crippen molar-refractivity contribution in [3.05, 3.63) is 29.3 Å². The van der Waals surface area contributed by atoms with Gasteiger partial charge in [-0.05, 0) is 75.3 Å². The Kier molecular flexibility index (Phi) is 3.58. The van der Waals surface area contributed by atoms with Gasteiger partial charge in [-0.1, -0.05) is 6.07 Å². The standard InChI is InChI=1S/C22H31NO3/c1-20(2)13-22(24)19-10-16-6-7-17(25-3)11-18(16)21(22,14-26-20)8-9-23(19)12-15-4-5-15/h6-7,11,15,19,24H,4-5,8-10,12-14H2,1-3H3/t19-,21-,22-/m1/s1. The quantitative estimate of drug-likeness (QED) is 0.903. The molecule has 0 amide bonds. The summed E-state index contributed by atoms with van der Waals surface area (Å²) in [7, 11) is 1.72. The highest BCUT2D eigenvalue weighted by atomic mass is 16.5. The van der Waals surface area contributed by atoms with Crippen LogP contribution < -0.4 is 4.74 Å². The Morgan fingerprint density at radius 2 is 2.12 bits per heavy atom. The largest absolute Gasteiger partial charge is 0.497 e. The van der Waals surface area contributed by atoms with Gasteiger partial charge in [0.2, 0.25) is 0 Å². The molecule has 1 aromatic rings. The lowest BCUT2D eigenvalue weighted by molar-refractivity contribution is -0.244. The van der Waals surface area contributed by atoms with Crippen molar-refractivity contribution in [2.24, 2.45) is 5.92 Å². The third-order valence-corrected chi connectivity index (χ3v) is 7.49. The van der Waals surface area contributed by atoms with Crippen molar-refractivity contribution in [1.29, 1.82) is 0 Å². The Labute approximate surface area is 156 Å². The zero-order valence-corrected chi connectivity index (χ0v) is 16.3. The van der Waals surface area contributed by atoms with E-state index in [0.29, 0.717) is 13.0 Å². The van der Waals surface area contributed by atoms with Gasteiger partial charge < -0.3 is 14.6 Å². The van der Waals surface area contributed by atoms with Crippen LogP contribution in [0.5, 0.6) is 5.75 Å². The van der Waals surface area contributed by atoms with Gasteiger partial charge in [-0.2, -0.15) is 0 Å². The van der Waals surface area contributed by atoms with Gasteiger partial charge in [-0.15, -0.1) is 0 Å². The summed E-state index contributed by atoms with van der Waals surface area (Å²) in [6.07, 6.45) is 5.30. The van der Waals surface area contributed by atoms with Crippen LogP contribution >= 0.6 is 0 Å². The Morgan fingerprint density at radius 1 is 1.31 bits per heavy atom. The molecule has 26 heavy (non-hydrogen) atoms. The number of likely N-dealkylation sites (tertiary alicyclic amines) is 1. The number of hydrogen-bond donors (Lipinski definition) is 1. The summed E-state index contributed by atoms with van der Waals surface area (Å²) in [4.78, 5) is 2.60. The maximum absolute atomic E-state index is 12.2. The molecule has 2 aliphatic carbocycles. The summed E-state index contributed by atoms with van der Waals surface area (Å²) in [6, 6.07) is 6.63. The Balaban J connectivity index is 1.64. The number of ether oxygens (including phenoxy) is 2. The fraction of sp³-hybridized carbons (Fsp3) is 0.727. The molecule has 0 aromatic heterocycles. The molecule has 2 saturated heterocycles. The van der Waals surface area contributed by atoms with Crippen LogP contribution in [0.2, 0.25) is 0 Å². The number of rotatable bonds is 3. The first-order valence-corrected chi connectivity index (χ1v) is 10.1. The number of aliphatic hydroxyl groups is 1. The smallest absolute Gasteiger partial charge is 0.119 e. The molecule has 4 nitrogen and oxygen atoms in total. The minimum atomic E-state index is -0.735. The molecule has 142 valence electrons. The van der Waals surface area contributed by atoms with E-state index in [2.05, 4.69) is 36.9 Å². The minimum Gasteiger partial charge on any atom is -0.497 e. The molecule has 3 fully saturated rings. The summed E-state index contributed by atoms with van der Waals surface area (Å²) in [5.41, 5.74) is 1.30. The van der Waals surface area contributed by atoms with Crippen LogP contribution in [0.4, 0.5) is 0 Å². The highest BCUT2D eigenvalue weighted by molar-refractivity contribution is 5.48. The molecule has 1 N–H and O–H groups in total. The molecule has 2 aliphatic heterocycles. The van der Waals surface area contributed by atoms with E-state index in [1.54, 1.807) is 7.11 Å². The lowest BCUT2D eigenvalue weighted by atomic mass is 9.51. The molecule has 0 unspecified atom stereocenters. The predicted molar refractivity (Wildman–Crippen MR) is 101 cm³/mol. The summed E-state index contributed by atoms with van der Waals surface area (Å²) in [5.74, 6) is 1.72. The molecular formula is C22H31NO3. The van der Waals surface area contributed by atoms with Crippen molar-refractivity contribution in [3.8, 4) is 5.75 Å². The van der Waals surface area contributed by atoms with Crippen LogP contribution in [0.1, 0.15) is 50.7 Å². The Bertz CT molecular complexity index is 728. The average molecular weight is 357 g/mol. The van der Waals surface area contributed by atoms with E-state index in [0.717, 1.165) is 37.6 Å².